The Morgan fingerprint density at radius 2 is 1.95 bits per heavy atom. The zero-order valence-electron chi connectivity index (χ0n) is 11.7. The van der Waals surface area contributed by atoms with Crippen LogP contribution in [0.25, 0.3) is 0 Å². The van der Waals surface area contributed by atoms with Crippen LogP contribution < -0.4 is 10.1 Å². The fourth-order valence-electron chi connectivity index (χ4n) is 1.64. The van der Waals surface area contributed by atoms with E-state index in [9.17, 15) is 9.59 Å². The van der Waals surface area contributed by atoms with Gasteiger partial charge in [0.2, 0.25) is 0 Å². The summed E-state index contributed by atoms with van der Waals surface area (Å²) in [7, 11) is 1.55. The molecular formula is C15H15NO4S. The second kappa shape index (κ2) is 6.90. The lowest BCUT2D eigenvalue weighted by molar-refractivity contribution is 0.0526. The van der Waals surface area contributed by atoms with Gasteiger partial charge in [0.15, 0.2) is 0 Å². The molecule has 0 aliphatic rings. The van der Waals surface area contributed by atoms with E-state index in [1.807, 2.05) is 0 Å². The average Bonchev–Trinajstić information content (AvgIpc) is 2.97. The van der Waals surface area contributed by atoms with Gasteiger partial charge in [-0.3, -0.25) is 4.79 Å². The lowest BCUT2D eigenvalue weighted by Gasteiger charge is -2.05. The second-order valence-electron chi connectivity index (χ2n) is 4.10. The molecule has 1 aromatic heterocycles. The highest BCUT2D eigenvalue weighted by Crippen LogP contribution is 2.22. The predicted octanol–water partition coefficient (Wildman–Crippen LogP) is 3.19. The van der Waals surface area contributed by atoms with Gasteiger partial charge in [-0.1, -0.05) is 0 Å². The minimum atomic E-state index is -0.377. The lowest BCUT2D eigenvalue weighted by Crippen LogP contribution is -2.10. The summed E-state index contributed by atoms with van der Waals surface area (Å²) in [6, 6.07) is 8.22. The van der Waals surface area contributed by atoms with E-state index in [0.717, 1.165) is 0 Å². The molecule has 1 aromatic carbocycles. The Morgan fingerprint density at radius 3 is 2.52 bits per heavy atom. The fraction of sp³-hybridized carbons (Fsp3) is 0.200. The Hall–Kier alpha value is -2.34. The van der Waals surface area contributed by atoms with E-state index in [4.69, 9.17) is 9.47 Å². The number of nitrogens with one attached hydrogen (secondary N) is 1. The van der Waals surface area contributed by atoms with Gasteiger partial charge in [-0.05, 0) is 31.2 Å². The minimum absolute atomic E-state index is 0.216. The van der Waals surface area contributed by atoms with Gasteiger partial charge in [-0.15, -0.1) is 11.3 Å². The first-order chi connectivity index (χ1) is 10.1. The molecule has 2 aromatic rings. The summed E-state index contributed by atoms with van der Waals surface area (Å²) in [5.41, 5.74) is 1.06. The summed E-state index contributed by atoms with van der Waals surface area (Å²) in [6.07, 6.45) is 0. The van der Waals surface area contributed by atoms with Crippen LogP contribution in [0.15, 0.2) is 35.7 Å². The summed E-state index contributed by atoms with van der Waals surface area (Å²) in [4.78, 5) is 24.1. The lowest BCUT2D eigenvalue weighted by atomic mass is 10.2. The number of carbonyl (C=O) groups excluding carboxylic acids is 2. The fourth-order valence-corrected chi connectivity index (χ4v) is 2.39. The van der Waals surface area contributed by atoms with Crippen molar-refractivity contribution in [1.82, 2.24) is 0 Å². The number of thiophene rings is 1. The van der Waals surface area contributed by atoms with Crippen molar-refractivity contribution in [1.29, 1.82) is 0 Å². The number of carbonyl (C=O) groups is 2. The van der Waals surface area contributed by atoms with Crippen molar-refractivity contribution in [3.05, 3.63) is 46.2 Å². The van der Waals surface area contributed by atoms with Gasteiger partial charge in [-0.2, -0.15) is 0 Å². The summed E-state index contributed by atoms with van der Waals surface area (Å²) in [5, 5.41) is 4.52. The number of hydrogen-bond acceptors (Lipinski definition) is 5. The third-order valence-electron chi connectivity index (χ3n) is 2.69. The number of rotatable bonds is 5. The molecule has 0 atom stereocenters. The highest BCUT2D eigenvalue weighted by Gasteiger charge is 2.11. The second-order valence-corrected chi connectivity index (χ2v) is 5.01. The third kappa shape index (κ3) is 3.82. The topological polar surface area (TPSA) is 64.6 Å². The molecule has 0 fully saturated rings. The molecule has 110 valence electrons. The van der Waals surface area contributed by atoms with E-state index < -0.39 is 0 Å². The molecule has 0 unspecified atom stereocenters. The predicted molar refractivity (Wildman–Crippen MR) is 81.2 cm³/mol. The Kier molecular flexibility index (Phi) is 4.94. The number of esters is 1. The van der Waals surface area contributed by atoms with Crippen molar-refractivity contribution in [3.8, 4) is 5.75 Å². The first-order valence-electron chi connectivity index (χ1n) is 6.35. The van der Waals surface area contributed by atoms with Crippen LogP contribution in [0.2, 0.25) is 0 Å². The molecule has 1 N–H and O–H groups in total. The zero-order valence-corrected chi connectivity index (χ0v) is 12.5. The zero-order chi connectivity index (χ0) is 15.2. The third-order valence-corrected chi connectivity index (χ3v) is 3.60. The van der Waals surface area contributed by atoms with E-state index in [1.54, 1.807) is 49.7 Å². The Bertz CT molecular complexity index is 633. The standard InChI is InChI=1S/C15H15NO4S/c1-3-20-15(18)10-4-6-11(7-5-10)16-14(17)13-8-12(19-2)9-21-13/h4-9H,3H2,1-2H3,(H,16,17). The summed E-state index contributed by atoms with van der Waals surface area (Å²) in [5.74, 6) is 0.0633. The van der Waals surface area contributed by atoms with Crippen LogP contribution in [0.3, 0.4) is 0 Å². The summed E-state index contributed by atoms with van der Waals surface area (Å²) >= 11 is 1.30. The average molecular weight is 305 g/mol. The molecular weight excluding hydrogens is 290 g/mol. The molecule has 2 rings (SSSR count). The Balaban J connectivity index is 2.02. The molecule has 5 nitrogen and oxygen atoms in total. The van der Waals surface area contributed by atoms with Crippen molar-refractivity contribution >= 4 is 28.9 Å². The van der Waals surface area contributed by atoms with Crippen LogP contribution in [0.1, 0.15) is 27.0 Å². The molecule has 0 bridgehead atoms. The van der Waals surface area contributed by atoms with Crippen LogP contribution in [-0.2, 0) is 4.74 Å². The summed E-state index contributed by atoms with van der Waals surface area (Å²) < 4.78 is 9.93. The van der Waals surface area contributed by atoms with E-state index in [1.165, 1.54) is 11.3 Å². The van der Waals surface area contributed by atoms with Gasteiger partial charge >= 0.3 is 5.97 Å². The van der Waals surface area contributed by atoms with Crippen molar-refractivity contribution in [2.75, 3.05) is 19.0 Å². The van der Waals surface area contributed by atoms with E-state index in [0.29, 0.717) is 28.5 Å². The number of ether oxygens (including phenoxy) is 2. The van der Waals surface area contributed by atoms with E-state index in [2.05, 4.69) is 5.32 Å². The van der Waals surface area contributed by atoms with Gasteiger partial charge < -0.3 is 14.8 Å². The molecule has 21 heavy (non-hydrogen) atoms. The van der Waals surface area contributed by atoms with Gasteiger partial charge in [0.1, 0.15) is 5.75 Å². The SMILES string of the molecule is CCOC(=O)c1ccc(NC(=O)c2cc(OC)cs2)cc1. The smallest absolute Gasteiger partial charge is 0.338 e. The molecule has 1 heterocycles. The summed E-state index contributed by atoms with van der Waals surface area (Å²) in [6.45, 7) is 2.08. The molecule has 0 aliphatic heterocycles. The number of methoxy groups -OCH3 is 1. The van der Waals surface area contributed by atoms with Crippen molar-refractivity contribution < 1.29 is 19.1 Å². The molecule has 0 aliphatic carbocycles. The van der Waals surface area contributed by atoms with Crippen LogP contribution in [-0.4, -0.2) is 25.6 Å². The molecule has 6 heteroatoms. The highest BCUT2D eigenvalue weighted by atomic mass is 32.1. The van der Waals surface area contributed by atoms with Crippen LogP contribution in [0.5, 0.6) is 5.75 Å². The van der Waals surface area contributed by atoms with Gasteiger partial charge in [0.05, 0.1) is 24.2 Å². The first kappa shape index (κ1) is 15.1. The molecule has 1 amide bonds. The molecule has 0 saturated heterocycles. The van der Waals surface area contributed by atoms with Gasteiger partial charge in [-0.25, -0.2) is 4.79 Å². The van der Waals surface area contributed by atoms with Crippen molar-refractivity contribution in [2.24, 2.45) is 0 Å². The van der Waals surface area contributed by atoms with E-state index >= 15 is 0 Å². The van der Waals surface area contributed by atoms with Crippen LogP contribution in [0, 0.1) is 0 Å². The molecule has 0 spiro atoms. The number of hydrogen-bond donors (Lipinski definition) is 1. The quantitative estimate of drug-likeness (QED) is 0.862. The number of amides is 1. The normalized spacial score (nSPS) is 10.0. The highest BCUT2D eigenvalue weighted by molar-refractivity contribution is 7.12. The first-order valence-corrected chi connectivity index (χ1v) is 7.23. The number of anilines is 1. The van der Waals surface area contributed by atoms with Crippen molar-refractivity contribution in [2.45, 2.75) is 6.92 Å². The maximum Gasteiger partial charge on any atom is 0.338 e. The van der Waals surface area contributed by atoms with Crippen LogP contribution in [0.4, 0.5) is 5.69 Å². The van der Waals surface area contributed by atoms with Crippen molar-refractivity contribution in [3.63, 3.8) is 0 Å². The minimum Gasteiger partial charge on any atom is -0.496 e. The number of benzene rings is 1. The van der Waals surface area contributed by atoms with Gasteiger partial charge in [0.25, 0.3) is 5.91 Å². The largest absolute Gasteiger partial charge is 0.496 e. The van der Waals surface area contributed by atoms with Crippen LogP contribution >= 0.6 is 11.3 Å². The molecule has 0 radical (unpaired) electrons. The van der Waals surface area contributed by atoms with Gasteiger partial charge in [0, 0.05) is 17.1 Å². The maximum absolute atomic E-state index is 12.0. The molecule has 0 saturated carbocycles. The maximum atomic E-state index is 12.0. The van der Waals surface area contributed by atoms with E-state index in [-0.39, 0.29) is 11.9 Å². The Morgan fingerprint density at radius 1 is 1.24 bits per heavy atom. The monoisotopic (exact) mass is 305 g/mol. The Labute approximate surface area is 126 Å².